The van der Waals surface area contributed by atoms with E-state index in [2.05, 4.69) is 25.8 Å². The Morgan fingerprint density at radius 2 is 1.47 bits per heavy atom. The number of hydrogen-bond donors (Lipinski definition) is 0. The summed E-state index contributed by atoms with van der Waals surface area (Å²) in [6, 6.07) is 0. The molecule has 0 spiro atoms. The average Bonchev–Trinajstić information content (AvgIpc) is 2.78. The van der Waals surface area contributed by atoms with Crippen LogP contribution in [-0.4, -0.2) is 24.8 Å². The van der Waals surface area contributed by atoms with Gasteiger partial charge in [-0.3, -0.25) is 4.84 Å². The van der Waals surface area contributed by atoms with Crippen LogP contribution >= 0.6 is 0 Å². The van der Waals surface area contributed by atoms with Gasteiger partial charge in [0.05, 0.1) is 6.61 Å². The minimum Gasteiger partial charge on any atom is -0.299 e. The van der Waals surface area contributed by atoms with Crippen LogP contribution in [0.15, 0.2) is 0 Å². The van der Waals surface area contributed by atoms with Gasteiger partial charge in [-0.2, -0.15) is 5.06 Å². The minimum absolute atomic E-state index is 0.924. The van der Waals surface area contributed by atoms with E-state index in [4.69, 9.17) is 4.84 Å². The van der Waals surface area contributed by atoms with E-state index in [1.807, 2.05) is 0 Å². The second-order valence-corrected chi connectivity index (χ2v) is 4.18. The third-order valence-electron chi connectivity index (χ3n) is 2.59. The third-order valence-corrected chi connectivity index (χ3v) is 2.59. The maximum absolute atomic E-state index is 5.54. The molecule has 1 fully saturated rings. The molecule has 1 saturated heterocycles. The Labute approximate surface area is 95.9 Å². The van der Waals surface area contributed by atoms with Gasteiger partial charge in [-0.05, 0) is 19.3 Å². The number of hydroxylamine groups is 2. The van der Waals surface area contributed by atoms with E-state index in [1.165, 1.54) is 44.9 Å². The lowest BCUT2D eigenvalue weighted by Gasteiger charge is -2.13. The highest BCUT2D eigenvalue weighted by Crippen LogP contribution is 2.08. The Hall–Kier alpha value is -0.0800. The van der Waals surface area contributed by atoms with Crippen molar-refractivity contribution in [1.82, 2.24) is 5.06 Å². The molecule has 2 nitrogen and oxygen atoms in total. The van der Waals surface area contributed by atoms with Gasteiger partial charge in [-0.1, -0.05) is 46.5 Å². The molecule has 0 unspecified atom stereocenters. The van der Waals surface area contributed by atoms with Crippen molar-refractivity contribution in [2.45, 2.75) is 65.7 Å². The highest BCUT2D eigenvalue weighted by Gasteiger charge is 2.10. The van der Waals surface area contributed by atoms with Crippen molar-refractivity contribution < 1.29 is 4.84 Å². The molecule has 0 aliphatic carbocycles. The van der Waals surface area contributed by atoms with Crippen LogP contribution in [0.3, 0.4) is 0 Å². The molecule has 0 atom stereocenters. The second kappa shape index (κ2) is 12.0. The van der Waals surface area contributed by atoms with Gasteiger partial charge in [0, 0.05) is 13.1 Å². The molecular weight excluding hydrogens is 186 g/mol. The zero-order valence-corrected chi connectivity index (χ0v) is 10.9. The van der Waals surface area contributed by atoms with Gasteiger partial charge in [0.2, 0.25) is 0 Å². The Balaban J connectivity index is 0.000000423. The van der Waals surface area contributed by atoms with E-state index in [-0.39, 0.29) is 0 Å². The van der Waals surface area contributed by atoms with Crippen LogP contribution < -0.4 is 0 Å². The molecule has 15 heavy (non-hydrogen) atoms. The molecule has 0 saturated carbocycles. The Morgan fingerprint density at radius 1 is 0.867 bits per heavy atom. The largest absolute Gasteiger partial charge is 0.299 e. The van der Waals surface area contributed by atoms with Crippen molar-refractivity contribution in [2.75, 3.05) is 19.7 Å². The smallest absolute Gasteiger partial charge is 0.0685 e. The normalized spacial score (nSPS) is 16.2. The summed E-state index contributed by atoms with van der Waals surface area (Å²) in [5.74, 6) is 0. The van der Waals surface area contributed by atoms with Crippen molar-refractivity contribution in [1.29, 1.82) is 0 Å². The number of unbranched alkanes of at least 4 members (excludes halogenated alkanes) is 3. The van der Waals surface area contributed by atoms with Gasteiger partial charge in [-0.15, -0.1) is 0 Å². The fourth-order valence-electron chi connectivity index (χ4n) is 1.36. The Bertz CT molecular complexity index is 109. The molecule has 2 heteroatoms. The summed E-state index contributed by atoms with van der Waals surface area (Å²) < 4.78 is 0. The standard InChI is InChI=1S/C9H19NO.C4H10/c1-2-3-6-9-11-10-7-4-5-8-10;1-3-4-2/h2-9H2,1H3;3-4H2,1-2H3. The molecule has 0 amide bonds. The first-order chi connectivity index (χ1) is 7.35. The maximum atomic E-state index is 5.54. The van der Waals surface area contributed by atoms with Crippen molar-refractivity contribution >= 4 is 0 Å². The lowest BCUT2D eigenvalue weighted by molar-refractivity contribution is -0.143. The first-order valence-corrected chi connectivity index (χ1v) is 6.73. The molecule has 1 aliphatic rings. The average molecular weight is 215 g/mol. The zero-order valence-electron chi connectivity index (χ0n) is 10.9. The molecule has 0 aromatic rings. The molecule has 0 aromatic carbocycles. The van der Waals surface area contributed by atoms with Gasteiger partial charge in [0.1, 0.15) is 0 Å². The van der Waals surface area contributed by atoms with Crippen LogP contribution in [0.5, 0.6) is 0 Å². The van der Waals surface area contributed by atoms with E-state index >= 15 is 0 Å². The topological polar surface area (TPSA) is 12.5 Å². The van der Waals surface area contributed by atoms with E-state index < -0.39 is 0 Å². The zero-order chi connectivity index (χ0) is 11.4. The quantitative estimate of drug-likeness (QED) is 0.621. The van der Waals surface area contributed by atoms with Crippen molar-refractivity contribution in [3.8, 4) is 0 Å². The third kappa shape index (κ3) is 10.2. The summed E-state index contributed by atoms with van der Waals surface area (Å²) in [4.78, 5) is 5.54. The molecule has 0 aromatic heterocycles. The molecule has 1 rings (SSSR count). The number of nitrogens with zero attached hydrogens (tertiary/aromatic N) is 1. The van der Waals surface area contributed by atoms with Crippen molar-refractivity contribution in [3.63, 3.8) is 0 Å². The van der Waals surface area contributed by atoms with Crippen LogP contribution in [0.4, 0.5) is 0 Å². The van der Waals surface area contributed by atoms with Gasteiger partial charge in [-0.25, -0.2) is 0 Å². The molecule has 0 radical (unpaired) electrons. The highest BCUT2D eigenvalue weighted by atomic mass is 16.7. The van der Waals surface area contributed by atoms with Gasteiger partial charge in [0.15, 0.2) is 0 Å². The predicted molar refractivity (Wildman–Crippen MR) is 66.9 cm³/mol. The number of hydrogen-bond acceptors (Lipinski definition) is 2. The molecule has 0 N–H and O–H groups in total. The lowest BCUT2D eigenvalue weighted by Crippen LogP contribution is -2.20. The first-order valence-electron chi connectivity index (χ1n) is 6.73. The maximum Gasteiger partial charge on any atom is 0.0685 e. The molecular formula is C13H29NO. The summed E-state index contributed by atoms with van der Waals surface area (Å²) >= 11 is 0. The van der Waals surface area contributed by atoms with Crippen LogP contribution in [0.25, 0.3) is 0 Å². The second-order valence-electron chi connectivity index (χ2n) is 4.18. The van der Waals surface area contributed by atoms with Crippen LogP contribution in [0.1, 0.15) is 65.7 Å². The van der Waals surface area contributed by atoms with Gasteiger partial charge in [0.25, 0.3) is 0 Å². The Morgan fingerprint density at radius 3 is 1.93 bits per heavy atom. The summed E-state index contributed by atoms with van der Waals surface area (Å²) in [6.07, 6.45) is 9.06. The van der Waals surface area contributed by atoms with E-state index in [1.54, 1.807) is 0 Å². The first kappa shape index (κ1) is 14.9. The van der Waals surface area contributed by atoms with Crippen molar-refractivity contribution in [2.24, 2.45) is 0 Å². The SMILES string of the molecule is CCCC.CCCCCON1CCCC1. The molecule has 0 bridgehead atoms. The van der Waals surface area contributed by atoms with Crippen LogP contribution in [0, 0.1) is 0 Å². The van der Waals surface area contributed by atoms with E-state index in [9.17, 15) is 0 Å². The van der Waals surface area contributed by atoms with E-state index in [0.29, 0.717) is 0 Å². The summed E-state index contributed by atoms with van der Waals surface area (Å²) in [7, 11) is 0. The van der Waals surface area contributed by atoms with Crippen LogP contribution in [0.2, 0.25) is 0 Å². The summed E-state index contributed by atoms with van der Waals surface area (Å²) in [6.45, 7) is 9.79. The van der Waals surface area contributed by atoms with Crippen molar-refractivity contribution in [3.05, 3.63) is 0 Å². The fourth-order valence-corrected chi connectivity index (χ4v) is 1.36. The number of rotatable bonds is 6. The molecule has 1 heterocycles. The predicted octanol–water partition coefficient (Wildman–Crippen LogP) is 4.01. The Kier molecular flexibility index (Phi) is 11.9. The minimum atomic E-state index is 0.924. The van der Waals surface area contributed by atoms with Gasteiger partial charge < -0.3 is 0 Å². The summed E-state index contributed by atoms with van der Waals surface area (Å²) in [5.41, 5.74) is 0. The highest BCUT2D eigenvalue weighted by molar-refractivity contribution is 4.56. The monoisotopic (exact) mass is 215 g/mol. The molecule has 1 aliphatic heterocycles. The van der Waals surface area contributed by atoms with E-state index in [0.717, 1.165) is 19.7 Å². The van der Waals surface area contributed by atoms with Gasteiger partial charge >= 0.3 is 0 Å². The van der Waals surface area contributed by atoms with Crippen LogP contribution in [-0.2, 0) is 4.84 Å². The molecule has 92 valence electrons. The summed E-state index contributed by atoms with van der Waals surface area (Å²) in [5, 5.41) is 2.11. The fraction of sp³-hybridized carbons (Fsp3) is 1.00. The lowest BCUT2D eigenvalue weighted by atomic mass is 10.3.